The third kappa shape index (κ3) is 5.21. The molecule has 1 saturated heterocycles. The molecule has 2 amide bonds. The van der Waals surface area contributed by atoms with E-state index in [1.54, 1.807) is 17.5 Å². The minimum absolute atomic E-state index is 0.121. The summed E-state index contributed by atoms with van der Waals surface area (Å²) in [7, 11) is 0. The summed E-state index contributed by atoms with van der Waals surface area (Å²) in [6.07, 6.45) is 4.41. The molecular weight excluding hydrogens is 398 g/mol. The van der Waals surface area contributed by atoms with E-state index < -0.39 is 0 Å². The van der Waals surface area contributed by atoms with Crippen LogP contribution in [0.3, 0.4) is 0 Å². The van der Waals surface area contributed by atoms with Crippen molar-refractivity contribution in [2.75, 3.05) is 23.3 Å². The summed E-state index contributed by atoms with van der Waals surface area (Å²) in [5.41, 5.74) is 2.15. The van der Waals surface area contributed by atoms with Gasteiger partial charge in [0.1, 0.15) is 5.82 Å². The number of benzene rings is 1. The zero-order valence-electron chi connectivity index (χ0n) is 16.5. The molecule has 1 aliphatic rings. The van der Waals surface area contributed by atoms with E-state index in [-0.39, 0.29) is 18.2 Å². The Bertz CT molecular complexity index is 998. The van der Waals surface area contributed by atoms with Gasteiger partial charge in [-0.2, -0.15) is 0 Å². The van der Waals surface area contributed by atoms with E-state index in [0.717, 1.165) is 24.5 Å². The Morgan fingerprint density at radius 2 is 1.87 bits per heavy atom. The van der Waals surface area contributed by atoms with Gasteiger partial charge in [-0.25, -0.2) is 9.97 Å². The second-order valence-electron chi connectivity index (χ2n) is 7.14. The molecule has 7 nitrogen and oxygen atoms in total. The summed E-state index contributed by atoms with van der Waals surface area (Å²) in [6.45, 7) is 2.54. The molecule has 2 aromatic heterocycles. The van der Waals surface area contributed by atoms with Crippen molar-refractivity contribution in [3.63, 3.8) is 0 Å². The van der Waals surface area contributed by atoms with Crippen LogP contribution in [-0.4, -0.2) is 34.9 Å². The van der Waals surface area contributed by atoms with Gasteiger partial charge in [0.15, 0.2) is 5.13 Å². The number of nitrogens with one attached hydrogen (secondary N) is 2. The SMILES string of the molecule is O=C(Cc1csc(NC(=O)c2ccccc2)n1)NCc1ccc(N2CCCC2)nc1. The molecule has 3 aromatic rings. The van der Waals surface area contributed by atoms with Gasteiger partial charge in [0.05, 0.1) is 12.1 Å². The van der Waals surface area contributed by atoms with Crippen LogP contribution in [-0.2, 0) is 17.8 Å². The molecule has 0 aliphatic carbocycles. The largest absolute Gasteiger partial charge is 0.357 e. The van der Waals surface area contributed by atoms with E-state index >= 15 is 0 Å². The van der Waals surface area contributed by atoms with Crippen LogP contribution in [0.5, 0.6) is 0 Å². The van der Waals surface area contributed by atoms with E-state index in [2.05, 4.69) is 25.5 Å². The van der Waals surface area contributed by atoms with Crippen molar-refractivity contribution in [3.05, 3.63) is 70.9 Å². The minimum atomic E-state index is -0.217. The average Bonchev–Trinajstić information content (AvgIpc) is 3.46. The van der Waals surface area contributed by atoms with Crippen LogP contribution in [0.1, 0.15) is 34.5 Å². The first-order valence-corrected chi connectivity index (χ1v) is 10.8. The van der Waals surface area contributed by atoms with Crippen LogP contribution in [0.4, 0.5) is 10.9 Å². The molecule has 2 N–H and O–H groups in total. The van der Waals surface area contributed by atoms with Crippen molar-refractivity contribution in [1.82, 2.24) is 15.3 Å². The number of carbonyl (C=O) groups excluding carboxylic acids is 2. The van der Waals surface area contributed by atoms with Gasteiger partial charge in [-0.15, -0.1) is 11.3 Å². The Morgan fingerprint density at radius 3 is 2.60 bits per heavy atom. The number of anilines is 2. The maximum absolute atomic E-state index is 12.3. The smallest absolute Gasteiger partial charge is 0.257 e. The van der Waals surface area contributed by atoms with Gasteiger partial charge in [0.25, 0.3) is 5.91 Å². The molecule has 0 atom stereocenters. The van der Waals surface area contributed by atoms with Crippen molar-refractivity contribution in [2.24, 2.45) is 0 Å². The highest BCUT2D eigenvalue weighted by Crippen LogP contribution is 2.18. The molecule has 0 saturated carbocycles. The Balaban J connectivity index is 1.25. The number of nitrogens with zero attached hydrogens (tertiary/aromatic N) is 3. The predicted octanol–water partition coefficient (Wildman–Crippen LogP) is 3.25. The van der Waals surface area contributed by atoms with Crippen LogP contribution in [0, 0.1) is 0 Å². The summed E-state index contributed by atoms with van der Waals surface area (Å²) in [6, 6.07) is 13.0. The van der Waals surface area contributed by atoms with Gasteiger partial charge < -0.3 is 10.2 Å². The number of hydrogen-bond donors (Lipinski definition) is 2. The lowest BCUT2D eigenvalue weighted by atomic mass is 10.2. The number of hydrogen-bond acceptors (Lipinski definition) is 6. The molecule has 8 heteroatoms. The standard InChI is InChI=1S/C22H23N5O2S/c28-20(24-14-16-8-9-19(23-13-16)27-10-4-5-11-27)12-18-15-30-22(25-18)26-21(29)17-6-2-1-3-7-17/h1-3,6-9,13,15H,4-5,10-12,14H2,(H,24,28)(H,25,26,29). The van der Waals surface area contributed by atoms with Crippen molar-refractivity contribution < 1.29 is 9.59 Å². The molecule has 1 fully saturated rings. The summed E-state index contributed by atoms with van der Waals surface area (Å²) >= 11 is 1.30. The number of thiazole rings is 1. The Labute approximate surface area is 179 Å². The predicted molar refractivity (Wildman–Crippen MR) is 118 cm³/mol. The highest BCUT2D eigenvalue weighted by molar-refractivity contribution is 7.14. The van der Waals surface area contributed by atoms with Gasteiger partial charge in [-0.3, -0.25) is 14.9 Å². The molecule has 3 heterocycles. The van der Waals surface area contributed by atoms with Crippen LogP contribution >= 0.6 is 11.3 Å². The number of amides is 2. The fourth-order valence-corrected chi connectivity index (χ4v) is 3.99. The molecule has 4 rings (SSSR count). The van der Waals surface area contributed by atoms with E-state index in [4.69, 9.17) is 0 Å². The molecule has 0 radical (unpaired) electrons. The third-order valence-corrected chi connectivity index (χ3v) is 5.69. The monoisotopic (exact) mass is 421 g/mol. The molecule has 30 heavy (non-hydrogen) atoms. The summed E-state index contributed by atoms with van der Waals surface area (Å²) in [4.78, 5) is 35.5. The molecule has 1 aromatic carbocycles. The Hall–Kier alpha value is -3.26. The fraction of sp³-hybridized carbons (Fsp3) is 0.273. The first kappa shape index (κ1) is 20.0. The molecule has 0 unspecified atom stereocenters. The third-order valence-electron chi connectivity index (χ3n) is 4.88. The second-order valence-corrected chi connectivity index (χ2v) is 7.99. The van der Waals surface area contributed by atoms with E-state index in [9.17, 15) is 9.59 Å². The van der Waals surface area contributed by atoms with Crippen molar-refractivity contribution >= 4 is 34.1 Å². The van der Waals surface area contributed by atoms with E-state index in [0.29, 0.717) is 22.9 Å². The first-order valence-electron chi connectivity index (χ1n) is 9.95. The lowest BCUT2D eigenvalue weighted by molar-refractivity contribution is -0.120. The van der Waals surface area contributed by atoms with Crippen molar-refractivity contribution in [2.45, 2.75) is 25.8 Å². The van der Waals surface area contributed by atoms with Gasteiger partial charge in [0.2, 0.25) is 5.91 Å². The lowest BCUT2D eigenvalue weighted by Crippen LogP contribution is -2.25. The number of pyridine rings is 1. The quantitative estimate of drug-likeness (QED) is 0.612. The zero-order valence-corrected chi connectivity index (χ0v) is 17.3. The number of carbonyl (C=O) groups is 2. The summed E-state index contributed by atoms with van der Waals surface area (Å²) in [5.74, 6) is 0.658. The van der Waals surface area contributed by atoms with Crippen LogP contribution in [0.15, 0.2) is 54.0 Å². The van der Waals surface area contributed by atoms with Crippen molar-refractivity contribution in [1.29, 1.82) is 0 Å². The molecule has 154 valence electrons. The van der Waals surface area contributed by atoms with Crippen LogP contribution < -0.4 is 15.5 Å². The van der Waals surface area contributed by atoms with E-state index in [1.807, 2.05) is 36.5 Å². The molecule has 0 spiro atoms. The first-order chi connectivity index (χ1) is 14.7. The van der Waals surface area contributed by atoms with Crippen LogP contribution in [0.25, 0.3) is 0 Å². The number of rotatable bonds is 7. The topological polar surface area (TPSA) is 87.2 Å². The van der Waals surface area contributed by atoms with Gasteiger partial charge in [-0.1, -0.05) is 24.3 Å². The maximum atomic E-state index is 12.3. The van der Waals surface area contributed by atoms with Crippen molar-refractivity contribution in [3.8, 4) is 0 Å². The number of aromatic nitrogens is 2. The van der Waals surface area contributed by atoms with E-state index in [1.165, 1.54) is 24.2 Å². The Morgan fingerprint density at radius 1 is 1.07 bits per heavy atom. The molecular formula is C22H23N5O2S. The Kier molecular flexibility index (Phi) is 6.34. The summed E-state index contributed by atoms with van der Waals surface area (Å²) < 4.78 is 0. The van der Waals surface area contributed by atoms with Crippen LogP contribution in [0.2, 0.25) is 0 Å². The second kappa shape index (κ2) is 9.49. The van der Waals surface area contributed by atoms with Gasteiger partial charge in [0, 0.05) is 36.8 Å². The average molecular weight is 422 g/mol. The fourth-order valence-electron chi connectivity index (χ4n) is 3.29. The highest BCUT2D eigenvalue weighted by atomic mass is 32.1. The maximum Gasteiger partial charge on any atom is 0.257 e. The molecule has 1 aliphatic heterocycles. The normalized spacial score (nSPS) is 13.3. The lowest BCUT2D eigenvalue weighted by Gasteiger charge is -2.16. The highest BCUT2D eigenvalue weighted by Gasteiger charge is 2.14. The van der Waals surface area contributed by atoms with Gasteiger partial charge in [-0.05, 0) is 36.6 Å². The molecule has 0 bridgehead atoms. The van der Waals surface area contributed by atoms with Gasteiger partial charge >= 0.3 is 0 Å². The minimum Gasteiger partial charge on any atom is -0.357 e. The zero-order chi connectivity index (χ0) is 20.8. The summed E-state index contributed by atoms with van der Waals surface area (Å²) in [5, 5.41) is 7.92.